The lowest BCUT2D eigenvalue weighted by atomic mass is 10.1. The van der Waals surface area contributed by atoms with E-state index in [0.717, 1.165) is 29.2 Å². The number of fused-ring (bicyclic) bond motifs is 1. The summed E-state index contributed by atoms with van der Waals surface area (Å²) in [6.45, 7) is 10.2. The van der Waals surface area contributed by atoms with Crippen molar-refractivity contribution < 1.29 is 9.53 Å². The molecule has 0 spiro atoms. The maximum Gasteiger partial charge on any atom is 0.231 e. The van der Waals surface area contributed by atoms with E-state index < -0.39 is 0 Å². The number of hydrogen-bond donors (Lipinski definition) is 0. The molecule has 1 aliphatic heterocycles. The monoisotopic (exact) mass is 361 g/mol. The van der Waals surface area contributed by atoms with Gasteiger partial charge in [-0.1, -0.05) is 25.4 Å². The minimum absolute atomic E-state index is 0.0436. The van der Waals surface area contributed by atoms with Crippen LogP contribution in [0.4, 0.5) is 5.69 Å². The van der Waals surface area contributed by atoms with Crippen molar-refractivity contribution in [3.63, 3.8) is 0 Å². The van der Waals surface area contributed by atoms with E-state index in [1.54, 1.807) is 17.0 Å². The maximum absolute atomic E-state index is 13.0. The molecule has 5 nitrogen and oxygen atoms in total. The van der Waals surface area contributed by atoms with E-state index in [1.165, 1.54) is 0 Å². The number of carbonyl (C=O) groups is 1. The van der Waals surface area contributed by atoms with Crippen molar-refractivity contribution in [1.82, 2.24) is 9.78 Å². The van der Waals surface area contributed by atoms with Crippen molar-refractivity contribution in [2.45, 2.75) is 40.7 Å². The third-order valence-electron chi connectivity index (χ3n) is 4.48. The summed E-state index contributed by atoms with van der Waals surface area (Å²) in [4.78, 5) is 14.7. The number of halogens is 1. The van der Waals surface area contributed by atoms with Gasteiger partial charge in [-0.05, 0) is 38.0 Å². The minimum Gasteiger partial charge on any atom is -0.490 e. The lowest BCUT2D eigenvalue weighted by Gasteiger charge is -2.29. The predicted octanol–water partition coefficient (Wildman–Crippen LogP) is 3.78. The summed E-state index contributed by atoms with van der Waals surface area (Å²) in [6, 6.07) is 5.38. The molecule has 1 aromatic heterocycles. The highest BCUT2D eigenvalue weighted by Gasteiger charge is 2.26. The van der Waals surface area contributed by atoms with Crippen molar-refractivity contribution in [3.8, 4) is 5.75 Å². The zero-order chi connectivity index (χ0) is 18.1. The van der Waals surface area contributed by atoms with Gasteiger partial charge >= 0.3 is 0 Å². The highest BCUT2D eigenvalue weighted by molar-refractivity contribution is 6.31. The van der Waals surface area contributed by atoms with Crippen LogP contribution >= 0.6 is 11.6 Å². The molecular formula is C19H24ClN3O2. The second-order valence-corrected chi connectivity index (χ2v) is 7.34. The summed E-state index contributed by atoms with van der Waals surface area (Å²) in [5.74, 6) is 1.25. The molecule has 0 aliphatic carbocycles. The number of nitrogens with zero attached hydrogens (tertiary/aromatic N) is 3. The number of ether oxygens (including phenoxy) is 1. The Morgan fingerprint density at radius 3 is 2.84 bits per heavy atom. The van der Waals surface area contributed by atoms with Gasteiger partial charge in [-0.25, -0.2) is 0 Å². The molecule has 0 bridgehead atoms. The smallest absolute Gasteiger partial charge is 0.231 e. The zero-order valence-electron chi connectivity index (χ0n) is 15.2. The van der Waals surface area contributed by atoms with Crippen molar-refractivity contribution >= 4 is 23.2 Å². The topological polar surface area (TPSA) is 47.4 Å². The average Bonchev–Trinajstić information content (AvgIpc) is 2.81. The third kappa shape index (κ3) is 3.66. The Balaban J connectivity index is 1.85. The number of hydrogen-bond acceptors (Lipinski definition) is 3. The summed E-state index contributed by atoms with van der Waals surface area (Å²) < 4.78 is 7.64. The van der Waals surface area contributed by atoms with Gasteiger partial charge in [0.2, 0.25) is 5.91 Å². The average molecular weight is 362 g/mol. The largest absolute Gasteiger partial charge is 0.490 e. The van der Waals surface area contributed by atoms with E-state index in [9.17, 15) is 4.79 Å². The van der Waals surface area contributed by atoms with Crippen molar-refractivity contribution in [1.29, 1.82) is 0 Å². The molecule has 6 heteroatoms. The van der Waals surface area contributed by atoms with Crippen LogP contribution in [-0.4, -0.2) is 28.8 Å². The standard InChI is InChI=1S/C19H24ClN3O2/c1-12(2)11-23-14(4)16(13(3)21-23)10-19(24)22-7-8-25-18-6-5-15(20)9-17(18)22/h5-6,9,12H,7-8,10-11H2,1-4H3. The van der Waals surface area contributed by atoms with Crippen LogP contribution in [-0.2, 0) is 17.8 Å². The Bertz CT molecular complexity index is 798. The number of amides is 1. The fourth-order valence-electron chi connectivity index (χ4n) is 3.21. The molecule has 0 fully saturated rings. The SMILES string of the molecule is Cc1nn(CC(C)C)c(C)c1CC(=O)N1CCOc2ccc(Cl)cc21. The maximum atomic E-state index is 13.0. The molecule has 0 unspecified atom stereocenters. The highest BCUT2D eigenvalue weighted by atomic mass is 35.5. The zero-order valence-corrected chi connectivity index (χ0v) is 15.9. The van der Waals surface area contributed by atoms with Crippen LogP contribution in [0.1, 0.15) is 30.8 Å². The summed E-state index contributed by atoms with van der Waals surface area (Å²) in [5.41, 5.74) is 3.75. The highest BCUT2D eigenvalue weighted by Crippen LogP contribution is 2.34. The fourth-order valence-corrected chi connectivity index (χ4v) is 3.38. The molecule has 0 radical (unpaired) electrons. The molecule has 1 aromatic carbocycles. The molecule has 2 aromatic rings. The van der Waals surface area contributed by atoms with E-state index in [1.807, 2.05) is 24.6 Å². The van der Waals surface area contributed by atoms with Crippen LogP contribution in [0.15, 0.2) is 18.2 Å². The Labute approximate surface area is 153 Å². The summed E-state index contributed by atoms with van der Waals surface area (Å²) in [7, 11) is 0. The van der Waals surface area contributed by atoms with Crippen LogP contribution in [0.3, 0.4) is 0 Å². The lowest BCUT2D eigenvalue weighted by molar-refractivity contribution is -0.118. The van der Waals surface area contributed by atoms with Crippen LogP contribution in [0.25, 0.3) is 0 Å². The van der Waals surface area contributed by atoms with Gasteiger partial charge in [0.15, 0.2) is 0 Å². The van der Waals surface area contributed by atoms with Crippen LogP contribution < -0.4 is 9.64 Å². The molecule has 134 valence electrons. The lowest BCUT2D eigenvalue weighted by Crippen LogP contribution is -2.39. The van der Waals surface area contributed by atoms with E-state index in [-0.39, 0.29) is 5.91 Å². The molecule has 2 heterocycles. The molecule has 0 N–H and O–H groups in total. The number of aromatic nitrogens is 2. The first kappa shape index (κ1) is 17.8. The quantitative estimate of drug-likeness (QED) is 0.832. The predicted molar refractivity (Wildman–Crippen MR) is 99.5 cm³/mol. The molecule has 1 aliphatic rings. The van der Waals surface area contributed by atoms with Gasteiger partial charge in [0, 0.05) is 22.8 Å². The number of benzene rings is 1. The van der Waals surface area contributed by atoms with Gasteiger partial charge in [0.25, 0.3) is 0 Å². The van der Waals surface area contributed by atoms with E-state index >= 15 is 0 Å². The Hall–Kier alpha value is -2.01. The van der Waals surface area contributed by atoms with E-state index in [0.29, 0.717) is 36.3 Å². The van der Waals surface area contributed by atoms with Gasteiger partial charge < -0.3 is 9.64 Å². The second kappa shape index (κ2) is 7.08. The third-order valence-corrected chi connectivity index (χ3v) is 4.72. The number of aryl methyl sites for hydroxylation is 1. The Morgan fingerprint density at radius 1 is 1.36 bits per heavy atom. The fraction of sp³-hybridized carbons (Fsp3) is 0.474. The van der Waals surface area contributed by atoms with Gasteiger partial charge in [-0.2, -0.15) is 5.10 Å². The molecule has 1 amide bonds. The first-order valence-corrected chi connectivity index (χ1v) is 9.00. The molecule has 0 atom stereocenters. The van der Waals surface area contributed by atoms with Gasteiger partial charge in [-0.15, -0.1) is 0 Å². The summed E-state index contributed by atoms with van der Waals surface area (Å²) in [6.07, 6.45) is 0.335. The van der Waals surface area contributed by atoms with Crippen LogP contribution in [0.2, 0.25) is 5.02 Å². The summed E-state index contributed by atoms with van der Waals surface area (Å²) in [5, 5.41) is 5.20. The van der Waals surface area contributed by atoms with Crippen molar-refractivity contribution in [2.75, 3.05) is 18.1 Å². The van der Waals surface area contributed by atoms with E-state index in [2.05, 4.69) is 18.9 Å². The molecule has 0 saturated heterocycles. The summed E-state index contributed by atoms with van der Waals surface area (Å²) >= 11 is 6.10. The molecule has 3 rings (SSSR count). The first-order valence-electron chi connectivity index (χ1n) is 8.62. The van der Waals surface area contributed by atoms with Crippen molar-refractivity contribution in [3.05, 3.63) is 40.2 Å². The number of carbonyl (C=O) groups excluding carboxylic acids is 1. The Kier molecular flexibility index (Phi) is 5.04. The van der Waals surface area contributed by atoms with Gasteiger partial charge in [0.1, 0.15) is 12.4 Å². The Morgan fingerprint density at radius 2 is 2.12 bits per heavy atom. The van der Waals surface area contributed by atoms with Gasteiger partial charge in [-0.3, -0.25) is 9.48 Å². The number of anilines is 1. The second-order valence-electron chi connectivity index (χ2n) is 6.91. The van der Waals surface area contributed by atoms with Crippen molar-refractivity contribution in [2.24, 2.45) is 5.92 Å². The van der Waals surface area contributed by atoms with Gasteiger partial charge in [0.05, 0.1) is 24.3 Å². The normalized spacial score (nSPS) is 13.8. The molecular weight excluding hydrogens is 338 g/mol. The molecule has 25 heavy (non-hydrogen) atoms. The minimum atomic E-state index is 0.0436. The molecule has 0 saturated carbocycles. The van der Waals surface area contributed by atoms with Crippen LogP contribution in [0.5, 0.6) is 5.75 Å². The first-order chi connectivity index (χ1) is 11.9. The van der Waals surface area contributed by atoms with Crippen LogP contribution in [0, 0.1) is 19.8 Å². The number of rotatable bonds is 4. The van der Waals surface area contributed by atoms with E-state index in [4.69, 9.17) is 16.3 Å².